The Bertz CT molecular complexity index is 389. The minimum absolute atomic E-state index is 0.158. The van der Waals surface area contributed by atoms with Crippen LogP contribution in [0.2, 0.25) is 0 Å². The van der Waals surface area contributed by atoms with E-state index in [2.05, 4.69) is 0 Å². The van der Waals surface area contributed by atoms with Gasteiger partial charge in [0.1, 0.15) is 11.6 Å². The lowest BCUT2D eigenvalue weighted by atomic mass is 9.77. The van der Waals surface area contributed by atoms with E-state index in [9.17, 15) is 8.78 Å². The summed E-state index contributed by atoms with van der Waals surface area (Å²) in [4.78, 5) is 0. The molecule has 1 aromatic rings. The number of hydrogen-bond donors (Lipinski definition) is 0. The summed E-state index contributed by atoms with van der Waals surface area (Å²) >= 11 is 6.01. The van der Waals surface area contributed by atoms with Crippen molar-refractivity contribution in [1.82, 2.24) is 0 Å². The van der Waals surface area contributed by atoms with Gasteiger partial charge in [-0.3, -0.25) is 0 Å². The third-order valence-electron chi connectivity index (χ3n) is 3.41. The molecule has 2 rings (SSSR count). The molecule has 1 fully saturated rings. The summed E-state index contributed by atoms with van der Waals surface area (Å²) in [5.74, 6) is -0.313. The Kier molecular flexibility index (Phi) is 4.00. The van der Waals surface area contributed by atoms with Crippen LogP contribution >= 0.6 is 11.6 Å². The van der Waals surface area contributed by atoms with Crippen molar-refractivity contribution < 1.29 is 13.5 Å². The Balaban J connectivity index is 2.20. The summed E-state index contributed by atoms with van der Waals surface area (Å²) in [5.41, 5.74) is 0.251. The highest BCUT2D eigenvalue weighted by molar-refractivity contribution is 6.18. The van der Waals surface area contributed by atoms with Gasteiger partial charge < -0.3 is 4.74 Å². The molecule has 0 bridgehead atoms. The van der Waals surface area contributed by atoms with Crippen molar-refractivity contribution >= 4 is 11.6 Å². The first-order valence-corrected chi connectivity index (χ1v) is 6.26. The topological polar surface area (TPSA) is 9.23 Å². The molecular weight excluding hydrogens is 246 g/mol. The third-order valence-corrected chi connectivity index (χ3v) is 3.98. The minimum atomic E-state index is -0.404. The molecule has 17 heavy (non-hydrogen) atoms. The summed E-state index contributed by atoms with van der Waals surface area (Å²) < 4.78 is 32.0. The molecule has 1 aliphatic rings. The van der Waals surface area contributed by atoms with E-state index in [4.69, 9.17) is 16.3 Å². The van der Waals surface area contributed by atoms with Crippen LogP contribution in [-0.4, -0.2) is 19.1 Å². The number of alkyl halides is 1. The van der Waals surface area contributed by atoms with Crippen LogP contribution in [0.25, 0.3) is 0 Å². The minimum Gasteiger partial charge on any atom is -0.381 e. The first kappa shape index (κ1) is 12.8. The molecule has 0 aliphatic carbocycles. The molecule has 0 aromatic heterocycles. The molecule has 94 valence electrons. The van der Waals surface area contributed by atoms with Gasteiger partial charge in [-0.2, -0.15) is 0 Å². The Morgan fingerprint density at radius 2 is 1.94 bits per heavy atom. The van der Waals surface area contributed by atoms with Crippen LogP contribution in [0.1, 0.15) is 18.4 Å². The fourth-order valence-electron chi connectivity index (χ4n) is 2.24. The molecule has 1 saturated heterocycles. The standard InChI is InChI=1S/C13H15ClF2O/c14-9-13(3-5-17-6-4-13)8-10-7-11(15)1-2-12(10)16/h1-2,7H,3-6,8-9H2. The second-order valence-electron chi connectivity index (χ2n) is 4.66. The van der Waals surface area contributed by atoms with E-state index >= 15 is 0 Å². The zero-order chi connectivity index (χ0) is 12.3. The summed E-state index contributed by atoms with van der Waals surface area (Å²) in [7, 11) is 0. The number of rotatable bonds is 3. The zero-order valence-corrected chi connectivity index (χ0v) is 10.3. The predicted molar refractivity (Wildman–Crippen MR) is 63.3 cm³/mol. The molecule has 0 amide bonds. The second-order valence-corrected chi connectivity index (χ2v) is 4.93. The lowest BCUT2D eigenvalue weighted by Crippen LogP contribution is -2.33. The lowest BCUT2D eigenvalue weighted by Gasteiger charge is -2.35. The maximum atomic E-state index is 13.6. The Labute approximate surface area is 105 Å². The molecule has 4 heteroatoms. The maximum absolute atomic E-state index is 13.6. The van der Waals surface area contributed by atoms with Crippen LogP contribution in [-0.2, 0) is 11.2 Å². The molecule has 1 aliphatic heterocycles. The van der Waals surface area contributed by atoms with Gasteiger partial charge in [-0.25, -0.2) is 8.78 Å². The van der Waals surface area contributed by atoms with Gasteiger partial charge in [-0.15, -0.1) is 11.6 Å². The first-order valence-electron chi connectivity index (χ1n) is 5.73. The van der Waals surface area contributed by atoms with Crippen LogP contribution in [0.4, 0.5) is 8.78 Å². The quantitative estimate of drug-likeness (QED) is 0.756. The molecule has 0 atom stereocenters. The van der Waals surface area contributed by atoms with Crippen LogP contribution in [0.5, 0.6) is 0 Å². The number of halogens is 3. The van der Waals surface area contributed by atoms with Crippen LogP contribution in [0, 0.1) is 17.0 Å². The average Bonchev–Trinajstić information content (AvgIpc) is 2.35. The molecule has 0 spiro atoms. The van der Waals surface area contributed by atoms with Gasteiger partial charge in [-0.05, 0) is 48.4 Å². The van der Waals surface area contributed by atoms with Gasteiger partial charge in [0.2, 0.25) is 0 Å². The van der Waals surface area contributed by atoms with E-state index < -0.39 is 5.82 Å². The maximum Gasteiger partial charge on any atom is 0.126 e. The van der Waals surface area contributed by atoms with Crippen molar-refractivity contribution in [2.75, 3.05) is 19.1 Å². The van der Waals surface area contributed by atoms with Gasteiger partial charge in [0, 0.05) is 19.1 Å². The number of benzene rings is 1. The van der Waals surface area contributed by atoms with Crippen molar-refractivity contribution in [1.29, 1.82) is 0 Å². The Hall–Kier alpha value is -0.670. The van der Waals surface area contributed by atoms with Gasteiger partial charge in [0.15, 0.2) is 0 Å². The number of ether oxygens (including phenoxy) is 1. The Morgan fingerprint density at radius 1 is 1.24 bits per heavy atom. The second kappa shape index (κ2) is 5.32. The van der Waals surface area contributed by atoms with Crippen LogP contribution in [0.3, 0.4) is 0 Å². The SMILES string of the molecule is Fc1ccc(F)c(CC2(CCl)CCOCC2)c1. The van der Waals surface area contributed by atoms with Crippen molar-refractivity contribution in [2.24, 2.45) is 5.41 Å². The molecule has 1 aromatic carbocycles. The van der Waals surface area contributed by atoms with E-state index in [1.54, 1.807) is 0 Å². The summed E-state index contributed by atoms with van der Waals surface area (Å²) in [6, 6.07) is 3.57. The number of hydrogen-bond acceptors (Lipinski definition) is 1. The summed E-state index contributed by atoms with van der Waals surface area (Å²) in [6.45, 7) is 1.29. The van der Waals surface area contributed by atoms with E-state index in [0.717, 1.165) is 18.9 Å². The molecular formula is C13H15ClF2O. The van der Waals surface area contributed by atoms with E-state index in [1.807, 2.05) is 0 Å². The molecule has 1 heterocycles. The predicted octanol–water partition coefficient (Wildman–Crippen LogP) is 3.54. The third kappa shape index (κ3) is 2.96. The largest absolute Gasteiger partial charge is 0.381 e. The van der Waals surface area contributed by atoms with Gasteiger partial charge in [-0.1, -0.05) is 0 Å². The van der Waals surface area contributed by atoms with Crippen molar-refractivity contribution in [2.45, 2.75) is 19.3 Å². The van der Waals surface area contributed by atoms with Gasteiger partial charge >= 0.3 is 0 Å². The lowest BCUT2D eigenvalue weighted by molar-refractivity contribution is 0.0254. The fraction of sp³-hybridized carbons (Fsp3) is 0.538. The highest BCUT2D eigenvalue weighted by Crippen LogP contribution is 2.36. The fourth-order valence-corrected chi connectivity index (χ4v) is 2.61. The molecule has 0 unspecified atom stereocenters. The monoisotopic (exact) mass is 260 g/mol. The van der Waals surface area contributed by atoms with Crippen LogP contribution in [0.15, 0.2) is 18.2 Å². The van der Waals surface area contributed by atoms with E-state index in [-0.39, 0.29) is 11.2 Å². The Morgan fingerprint density at radius 3 is 2.59 bits per heavy atom. The van der Waals surface area contributed by atoms with E-state index in [0.29, 0.717) is 31.1 Å². The normalized spacial score (nSPS) is 19.2. The zero-order valence-electron chi connectivity index (χ0n) is 9.52. The van der Waals surface area contributed by atoms with Crippen molar-refractivity contribution in [3.05, 3.63) is 35.4 Å². The van der Waals surface area contributed by atoms with Gasteiger partial charge in [0.25, 0.3) is 0 Å². The summed E-state index contributed by atoms with van der Waals surface area (Å²) in [5, 5.41) is 0. The van der Waals surface area contributed by atoms with Crippen molar-refractivity contribution in [3.63, 3.8) is 0 Å². The summed E-state index contributed by atoms with van der Waals surface area (Å²) in [6.07, 6.45) is 2.07. The highest BCUT2D eigenvalue weighted by atomic mass is 35.5. The van der Waals surface area contributed by atoms with Crippen LogP contribution < -0.4 is 0 Å². The molecule has 0 saturated carbocycles. The highest BCUT2D eigenvalue weighted by Gasteiger charge is 2.32. The van der Waals surface area contributed by atoms with E-state index in [1.165, 1.54) is 12.1 Å². The average molecular weight is 261 g/mol. The van der Waals surface area contributed by atoms with Crippen molar-refractivity contribution in [3.8, 4) is 0 Å². The smallest absolute Gasteiger partial charge is 0.126 e. The molecule has 0 radical (unpaired) electrons. The molecule has 1 nitrogen and oxygen atoms in total. The molecule has 0 N–H and O–H groups in total. The first-order chi connectivity index (χ1) is 8.15. The van der Waals surface area contributed by atoms with Gasteiger partial charge in [0.05, 0.1) is 0 Å².